The van der Waals surface area contributed by atoms with Crippen molar-refractivity contribution in [1.29, 1.82) is 0 Å². The van der Waals surface area contributed by atoms with Crippen molar-refractivity contribution in [2.75, 3.05) is 11.9 Å². The molecular weight excluding hydrogens is 278 g/mol. The number of anilines is 1. The predicted molar refractivity (Wildman–Crippen MR) is 78.2 cm³/mol. The number of carbonyl (C=O) groups excluding carboxylic acids is 1. The molecule has 2 rings (SSSR count). The zero-order chi connectivity index (χ0) is 14.5. The summed E-state index contributed by atoms with van der Waals surface area (Å²) in [4.78, 5) is 11.8. The van der Waals surface area contributed by atoms with E-state index in [0.717, 1.165) is 12.2 Å². The summed E-state index contributed by atoms with van der Waals surface area (Å²) in [7, 11) is 0. The largest absolute Gasteiger partial charge is 0.484 e. The summed E-state index contributed by atoms with van der Waals surface area (Å²) in [6, 6.07) is 6.86. The van der Waals surface area contributed by atoms with Crippen LogP contribution in [-0.4, -0.2) is 22.3 Å². The van der Waals surface area contributed by atoms with Gasteiger partial charge in [0, 0.05) is 11.6 Å². The lowest BCUT2D eigenvalue weighted by Crippen LogP contribution is -2.20. The van der Waals surface area contributed by atoms with Gasteiger partial charge in [-0.3, -0.25) is 9.48 Å². The Morgan fingerprint density at radius 1 is 1.40 bits per heavy atom. The first-order chi connectivity index (χ1) is 9.60. The maximum Gasteiger partial charge on any atom is 0.262 e. The molecule has 0 aliphatic heterocycles. The fourth-order valence-corrected chi connectivity index (χ4v) is 1.88. The van der Waals surface area contributed by atoms with E-state index in [2.05, 4.69) is 10.4 Å². The van der Waals surface area contributed by atoms with Crippen LogP contribution in [0.3, 0.4) is 0 Å². The Morgan fingerprint density at radius 2 is 2.10 bits per heavy atom. The van der Waals surface area contributed by atoms with Crippen molar-refractivity contribution in [2.45, 2.75) is 20.4 Å². The van der Waals surface area contributed by atoms with Gasteiger partial charge in [0.05, 0.1) is 17.6 Å². The fraction of sp³-hybridized carbons (Fsp3) is 0.286. The van der Waals surface area contributed by atoms with Crippen molar-refractivity contribution in [1.82, 2.24) is 9.78 Å². The van der Waals surface area contributed by atoms with E-state index in [1.165, 1.54) is 0 Å². The van der Waals surface area contributed by atoms with Crippen LogP contribution in [0, 0.1) is 6.92 Å². The summed E-state index contributed by atoms with van der Waals surface area (Å²) >= 11 is 5.77. The molecule has 0 bridgehead atoms. The molecule has 2 aromatic rings. The first-order valence-corrected chi connectivity index (χ1v) is 6.68. The van der Waals surface area contributed by atoms with Gasteiger partial charge in [0.2, 0.25) is 0 Å². The fourth-order valence-electron chi connectivity index (χ4n) is 1.75. The second kappa shape index (κ2) is 6.43. The van der Waals surface area contributed by atoms with Crippen molar-refractivity contribution >= 4 is 23.2 Å². The number of ether oxygens (including phenoxy) is 1. The zero-order valence-corrected chi connectivity index (χ0v) is 12.1. The van der Waals surface area contributed by atoms with E-state index in [-0.39, 0.29) is 12.5 Å². The van der Waals surface area contributed by atoms with Crippen LogP contribution in [0.1, 0.15) is 12.6 Å². The number of carbonyl (C=O) groups is 1. The molecule has 0 spiro atoms. The number of hydrogen-bond acceptors (Lipinski definition) is 3. The summed E-state index contributed by atoms with van der Waals surface area (Å²) in [5.41, 5.74) is 1.63. The van der Waals surface area contributed by atoms with Gasteiger partial charge >= 0.3 is 0 Å². The van der Waals surface area contributed by atoms with E-state index >= 15 is 0 Å². The highest BCUT2D eigenvalue weighted by Gasteiger charge is 2.09. The van der Waals surface area contributed by atoms with Crippen molar-refractivity contribution in [3.8, 4) is 5.75 Å². The molecule has 1 amide bonds. The van der Waals surface area contributed by atoms with E-state index in [1.807, 2.05) is 18.5 Å². The molecule has 0 unspecified atom stereocenters. The smallest absolute Gasteiger partial charge is 0.262 e. The van der Waals surface area contributed by atoms with Crippen molar-refractivity contribution in [3.63, 3.8) is 0 Å². The van der Waals surface area contributed by atoms with E-state index in [0.29, 0.717) is 16.5 Å². The number of aryl methyl sites for hydroxylation is 1. The minimum absolute atomic E-state index is 0.0572. The highest BCUT2D eigenvalue weighted by Crippen LogP contribution is 2.16. The second-order valence-electron chi connectivity index (χ2n) is 4.25. The Bertz CT molecular complexity index is 593. The molecule has 0 atom stereocenters. The number of nitrogens with zero attached hydrogens (tertiary/aromatic N) is 2. The van der Waals surface area contributed by atoms with E-state index in [1.54, 1.807) is 30.5 Å². The van der Waals surface area contributed by atoms with Crippen LogP contribution >= 0.6 is 11.6 Å². The molecule has 0 saturated heterocycles. The summed E-state index contributed by atoms with van der Waals surface area (Å²) in [5, 5.41) is 7.56. The predicted octanol–water partition coefficient (Wildman–Crippen LogP) is 2.88. The third kappa shape index (κ3) is 3.51. The Labute approximate surface area is 122 Å². The number of benzene rings is 1. The Morgan fingerprint density at radius 3 is 2.70 bits per heavy atom. The van der Waals surface area contributed by atoms with Crippen LogP contribution in [0.25, 0.3) is 0 Å². The summed E-state index contributed by atoms with van der Waals surface area (Å²) in [6.07, 6.45) is 1.64. The molecule has 20 heavy (non-hydrogen) atoms. The first-order valence-electron chi connectivity index (χ1n) is 6.30. The number of amides is 1. The standard InChI is InChI=1S/C14H16ClN3O2/c1-3-18-10(2)13(8-16-18)17-14(19)9-20-12-6-4-11(15)5-7-12/h4-8H,3,9H2,1-2H3,(H,17,19). The van der Waals surface area contributed by atoms with Crippen LogP contribution in [0.5, 0.6) is 5.75 Å². The lowest BCUT2D eigenvalue weighted by molar-refractivity contribution is -0.118. The van der Waals surface area contributed by atoms with Gasteiger partial charge in [-0.05, 0) is 38.1 Å². The average Bonchev–Trinajstić information content (AvgIpc) is 2.79. The molecule has 0 radical (unpaired) electrons. The lowest BCUT2D eigenvalue weighted by atomic mass is 10.3. The quantitative estimate of drug-likeness (QED) is 0.922. The maximum atomic E-state index is 11.8. The summed E-state index contributed by atoms with van der Waals surface area (Å²) in [5.74, 6) is 0.379. The third-order valence-corrected chi connectivity index (χ3v) is 3.11. The molecule has 106 valence electrons. The minimum atomic E-state index is -0.223. The molecule has 6 heteroatoms. The van der Waals surface area contributed by atoms with Gasteiger partial charge in [0.25, 0.3) is 5.91 Å². The highest BCUT2D eigenvalue weighted by atomic mass is 35.5. The maximum absolute atomic E-state index is 11.8. The second-order valence-corrected chi connectivity index (χ2v) is 4.69. The molecule has 1 aromatic carbocycles. The van der Waals surface area contributed by atoms with Crippen molar-refractivity contribution in [2.24, 2.45) is 0 Å². The van der Waals surface area contributed by atoms with Gasteiger partial charge in [-0.25, -0.2) is 0 Å². The average molecular weight is 294 g/mol. The number of hydrogen-bond donors (Lipinski definition) is 1. The first kappa shape index (κ1) is 14.4. The van der Waals surface area contributed by atoms with Crippen LogP contribution in [-0.2, 0) is 11.3 Å². The molecule has 1 N–H and O–H groups in total. The molecule has 1 heterocycles. The number of nitrogens with one attached hydrogen (secondary N) is 1. The van der Waals surface area contributed by atoms with Gasteiger partial charge in [-0.1, -0.05) is 11.6 Å². The van der Waals surface area contributed by atoms with Crippen LogP contribution in [0.15, 0.2) is 30.5 Å². The van der Waals surface area contributed by atoms with Crippen molar-refractivity contribution in [3.05, 3.63) is 41.2 Å². The van der Waals surface area contributed by atoms with Crippen LogP contribution < -0.4 is 10.1 Å². The van der Waals surface area contributed by atoms with Crippen LogP contribution in [0.2, 0.25) is 5.02 Å². The van der Waals surface area contributed by atoms with Gasteiger partial charge < -0.3 is 10.1 Å². The van der Waals surface area contributed by atoms with E-state index < -0.39 is 0 Å². The molecular formula is C14H16ClN3O2. The lowest BCUT2D eigenvalue weighted by Gasteiger charge is -2.07. The molecule has 0 saturated carbocycles. The Kier molecular flexibility index (Phi) is 4.63. The van der Waals surface area contributed by atoms with Gasteiger partial charge in [-0.2, -0.15) is 5.10 Å². The topological polar surface area (TPSA) is 56.2 Å². The normalized spacial score (nSPS) is 10.3. The van der Waals surface area contributed by atoms with Gasteiger partial charge in [-0.15, -0.1) is 0 Å². The molecule has 0 aliphatic rings. The monoisotopic (exact) mass is 293 g/mol. The Balaban J connectivity index is 1.89. The van der Waals surface area contributed by atoms with Gasteiger partial charge in [0.15, 0.2) is 6.61 Å². The van der Waals surface area contributed by atoms with E-state index in [4.69, 9.17) is 16.3 Å². The summed E-state index contributed by atoms with van der Waals surface area (Å²) < 4.78 is 7.19. The molecule has 0 fully saturated rings. The van der Waals surface area contributed by atoms with Crippen molar-refractivity contribution < 1.29 is 9.53 Å². The Hall–Kier alpha value is -2.01. The molecule has 0 aliphatic carbocycles. The number of aromatic nitrogens is 2. The number of halogens is 1. The summed E-state index contributed by atoms with van der Waals surface area (Å²) in [6.45, 7) is 4.61. The van der Waals surface area contributed by atoms with Crippen LogP contribution in [0.4, 0.5) is 5.69 Å². The number of rotatable bonds is 5. The highest BCUT2D eigenvalue weighted by molar-refractivity contribution is 6.30. The zero-order valence-electron chi connectivity index (χ0n) is 11.4. The SMILES string of the molecule is CCn1ncc(NC(=O)COc2ccc(Cl)cc2)c1C. The van der Waals surface area contributed by atoms with E-state index in [9.17, 15) is 4.79 Å². The van der Waals surface area contributed by atoms with Gasteiger partial charge in [0.1, 0.15) is 5.75 Å². The minimum Gasteiger partial charge on any atom is -0.484 e. The molecule has 1 aromatic heterocycles. The third-order valence-electron chi connectivity index (χ3n) is 2.86. The molecule has 5 nitrogen and oxygen atoms in total.